The number of aromatic nitrogens is 2. The van der Waals surface area contributed by atoms with E-state index in [0.717, 1.165) is 22.3 Å². The molecule has 5 rings (SSSR count). The van der Waals surface area contributed by atoms with Crippen LogP contribution in [0.25, 0.3) is 22.2 Å². The van der Waals surface area contributed by atoms with Gasteiger partial charge in [-0.3, -0.25) is 4.57 Å². The number of hydrogen-bond donors (Lipinski definition) is 0. The third-order valence-electron chi connectivity index (χ3n) is 6.22. The van der Waals surface area contributed by atoms with Crippen molar-refractivity contribution in [2.45, 2.75) is 20.4 Å². The number of para-hydroxylation sites is 1. The van der Waals surface area contributed by atoms with Gasteiger partial charge in [0.1, 0.15) is 11.6 Å². The Balaban J connectivity index is 1.51. The van der Waals surface area contributed by atoms with Gasteiger partial charge in [0.25, 0.3) is 6.01 Å². The molecule has 1 aromatic heterocycles. The summed E-state index contributed by atoms with van der Waals surface area (Å²) >= 11 is 0. The standard InChI is InChI=1S/C28H25N3O5/c1-4-35-28-29-23-11-7-10-22(27(33)34-3)25(23)31(28)16-18-12-14-19(15-13-18)20-8-5-6-9-21(20)24-17(2)26(32)36-30-24/h5-15,17H,4,16H2,1-3H3/t17-/m0/s1. The van der Waals surface area contributed by atoms with E-state index in [9.17, 15) is 9.59 Å². The highest BCUT2D eigenvalue weighted by Crippen LogP contribution is 2.30. The van der Waals surface area contributed by atoms with Gasteiger partial charge in [-0.05, 0) is 42.7 Å². The van der Waals surface area contributed by atoms with Crippen molar-refractivity contribution in [1.29, 1.82) is 0 Å². The zero-order valence-corrected chi connectivity index (χ0v) is 20.2. The summed E-state index contributed by atoms with van der Waals surface area (Å²) in [5, 5.41) is 4.01. The number of oxime groups is 1. The molecule has 0 saturated carbocycles. The zero-order chi connectivity index (χ0) is 25.2. The van der Waals surface area contributed by atoms with Gasteiger partial charge in [-0.15, -0.1) is 0 Å². The van der Waals surface area contributed by atoms with Crippen molar-refractivity contribution in [2.75, 3.05) is 13.7 Å². The highest BCUT2D eigenvalue weighted by Gasteiger charge is 2.30. The van der Waals surface area contributed by atoms with Crippen LogP contribution in [0.3, 0.4) is 0 Å². The molecule has 3 aromatic carbocycles. The molecule has 0 fully saturated rings. The van der Waals surface area contributed by atoms with Crippen LogP contribution in [0.5, 0.6) is 6.01 Å². The molecule has 182 valence electrons. The van der Waals surface area contributed by atoms with Gasteiger partial charge < -0.3 is 14.3 Å². The van der Waals surface area contributed by atoms with Crippen molar-refractivity contribution >= 4 is 28.7 Å². The monoisotopic (exact) mass is 483 g/mol. The molecular weight excluding hydrogens is 458 g/mol. The molecular formula is C28H25N3O5. The summed E-state index contributed by atoms with van der Waals surface area (Å²) in [5.41, 5.74) is 6.20. The Labute approximate surface area is 208 Å². The Morgan fingerprint density at radius 3 is 2.44 bits per heavy atom. The third-order valence-corrected chi connectivity index (χ3v) is 6.22. The maximum absolute atomic E-state index is 12.4. The number of nitrogens with zero attached hydrogens (tertiary/aromatic N) is 3. The van der Waals surface area contributed by atoms with Crippen molar-refractivity contribution in [3.63, 3.8) is 0 Å². The van der Waals surface area contributed by atoms with Crippen LogP contribution < -0.4 is 4.74 Å². The van der Waals surface area contributed by atoms with Gasteiger partial charge in [0.2, 0.25) is 0 Å². The molecule has 0 unspecified atom stereocenters. The molecule has 0 bridgehead atoms. The first-order chi connectivity index (χ1) is 17.5. The van der Waals surface area contributed by atoms with Crippen LogP contribution in [0.4, 0.5) is 0 Å². The third kappa shape index (κ3) is 4.11. The number of ether oxygens (including phenoxy) is 2. The number of carbonyl (C=O) groups excluding carboxylic acids is 2. The van der Waals surface area contributed by atoms with Gasteiger partial charge in [-0.2, -0.15) is 4.98 Å². The molecule has 0 N–H and O–H groups in total. The molecule has 0 spiro atoms. The predicted octanol–water partition coefficient (Wildman–Crippen LogP) is 4.83. The molecule has 0 aliphatic carbocycles. The van der Waals surface area contributed by atoms with Gasteiger partial charge in [-0.25, -0.2) is 9.59 Å². The number of benzene rings is 3. The molecule has 1 aliphatic heterocycles. The minimum absolute atomic E-state index is 0.348. The summed E-state index contributed by atoms with van der Waals surface area (Å²) < 4.78 is 12.7. The fourth-order valence-electron chi connectivity index (χ4n) is 4.40. The number of fused-ring (bicyclic) bond motifs is 1. The zero-order valence-electron chi connectivity index (χ0n) is 20.2. The Morgan fingerprint density at radius 2 is 1.78 bits per heavy atom. The van der Waals surface area contributed by atoms with E-state index in [0.29, 0.717) is 41.5 Å². The summed E-state index contributed by atoms with van der Waals surface area (Å²) in [7, 11) is 1.36. The minimum Gasteiger partial charge on any atom is -0.465 e. The fourth-order valence-corrected chi connectivity index (χ4v) is 4.40. The highest BCUT2D eigenvalue weighted by molar-refractivity contribution is 6.16. The van der Waals surface area contributed by atoms with E-state index in [1.807, 2.05) is 66.1 Å². The number of methoxy groups -OCH3 is 1. The van der Waals surface area contributed by atoms with Crippen LogP contribution in [0.15, 0.2) is 71.9 Å². The van der Waals surface area contributed by atoms with Crippen LogP contribution in [-0.4, -0.2) is 40.9 Å². The van der Waals surface area contributed by atoms with Crippen LogP contribution in [0.2, 0.25) is 0 Å². The summed E-state index contributed by atoms with van der Waals surface area (Å²) in [5.74, 6) is -1.19. The number of rotatable bonds is 7. The molecule has 0 radical (unpaired) electrons. The number of hydrogen-bond acceptors (Lipinski definition) is 7. The van der Waals surface area contributed by atoms with Crippen LogP contribution in [0, 0.1) is 5.92 Å². The van der Waals surface area contributed by atoms with E-state index in [2.05, 4.69) is 10.1 Å². The van der Waals surface area contributed by atoms with Gasteiger partial charge in [0.15, 0.2) is 0 Å². The summed E-state index contributed by atoms with van der Waals surface area (Å²) in [4.78, 5) is 33.8. The van der Waals surface area contributed by atoms with E-state index in [1.54, 1.807) is 19.1 Å². The predicted molar refractivity (Wildman–Crippen MR) is 135 cm³/mol. The number of imidazole rings is 1. The largest absolute Gasteiger partial charge is 0.465 e. The molecule has 0 saturated heterocycles. The summed E-state index contributed by atoms with van der Waals surface area (Å²) in [6.45, 7) is 4.59. The fraction of sp³-hybridized carbons (Fsp3) is 0.214. The van der Waals surface area contributed by atoms with Crippen molar-refractivity contribution in [3.05, 3.63) is 83.4 Å². The van der Waals surface area contributed by atoms with E-state index in [4.69, 9.17) is 14.3 Å². The van der Waals surface area contributed by atoms with E-state index in [-0.39, 0.29) is 5.97 Å². The van der Waals surface area contributed by atoms with Gasteiger partial charge in [0, 0.05) is 5.56 Å². The lowest BCUT2D eigenvalue weighted by atomic mass is 9.91. The molecule has 36 heavy (non-hydrogen) atoms. The Bertz CT molecular complexity index is 1490. The lowest BCUT2D eigenvalue weighted by molar-refractivity contribution is -0.142. The van der Waals surface area contributed by atoms with Crippen molar-refractivity contribution in [2.24, 2.45) is 11.1 Å². The minimum atomic E-state index is -0.428. The molecule has 0 amide bonds. The van der Waals surface area contributed by atoms with Crippen LogP contribution >= 0.6 is 0 Å². The summed E-state index contributed by atoms with van der Waals surface area (Å²) in [6, 6.07) is 21.7. The normalized spacial score (nSPS) is 15.0. The maximum atomic E-state index is 12.4. The number of esters is 1. The molecule has 1 aliphatic rings. The van der Waals surface area contributed by atoms with Crippen molar-refractivity contribution in [1.82, 2.24) is 9.55 Å². The average Bonchev–Trinajstić information content (AvgIpc) is 3.43. The molecule has 8 heteroatoms. The molecule has 1 atom stereocenters. The highest BCUT2D eigenvalue weighted by atomic mass is 16.7. The second-order valence-corrected chi connectivity index (χ2v) is 8.43. The summed E-state index contributed by atoms with van der Waals surface area (Å²) in [6.07, 6.45) is 0. The number of carbonyl (C=O) groups is 2. The topological polar surface area (TPSA) is 92.0 Å². The second kappa shape index (κ2) is 9.65. The van der Waals surface area contributed by atoms with Crippen molar-refractivity contribution < 1.29 is 23.9 Å². The van der Waals surface area contributed by atoms with E-state index >= 15 is 0 Å². The van der Waals surface area contributed by atoms with E-state index in [1.165, 1.54) is 7.11 Å². The first-order valence-electron chi connectivity index (χ1n) is 11.7. The Kier molecular flexibility index (Phi) is 6.25. The van der Waals surface area contributed by atoms with Crippen molar-refractivity contribution in [3.8, 4) is 17.1 Å². The second-order valence-electron chi connectivity index (χ2n) is 8.43. The van der Waals surface area contributed by atoms with Crippen LogP contribution in [0.1, 0.15) is 35.3 Å². The van der Waals surface area contributed by atoms with E-state index < -0.39 is 11.9 Å². The van der Waals surface area contributed by atoms with Gasteiger partial charge in [-0.1, -0.05) is 59.8 Å². The Morgan fingerprint density at radius 1 is 1.03 bits per heavy atom. The van der Waals surface area contributed by atoms with Crippen LogP contribution in [-0.2, 0) is 20.9 Å². The average molecular weight is 484 g/mol. The Hall–Kier alpha value is -4.46. The lowest BCUT2D eigenvalue weighted by Gasteiger charge is -2.13. The maximum Gasteiger partial charge on any atom is 0.343 e. The van der Waals surface area contributed by atoms with Gasteiger partial charge in [0.05, 0.1) is 36.9 Å². The molecule has 8 nitrogen and oxygen atoms in total. The molecule has 4 aromatic rings. The molecule has 2 heterocycles. The first-order valence-corrected chi connectivity index (χ1v) is 11.7. The lowest BCUT2D eigenvalue weighted by Crippen LogP contribution is -2.16. The van der Waals surface area contributed by atoms with Gasteiger partial charge >= 0.3 is 11.9 Å². The quantitative estimate of drug-likeness (QED) is 0.276. The smallest absolute Gasteiger partial charge is 0.343 e. The SMILES string of the molecule is CCOc1nc2cccc(C(=O)OC)c2n1Cc1ccc(-c2ccccc2C2=NOC(=O)[C@H]2C)cc1. The first kappa shape index (κ1) is 23.3.